The van der Waals surface area contributed by atoms with Gasteiger partial charge in [-0.15, -0.1) is 0 Å². The van der Waals surface area contributed by atoms with Gasteiger partial charge in [0.2, 0.25) is 0 Å². The zero-order chi connectivity index (χ0) is 16.9. The van der Waals surface area contributed by atoms with Crippen LogP contribution in [-0.4, -0.2) is 36.1 Å². The molecule has 1 aromatic rings. The van der Waals surface area contributed by atoms with Gasteiger partial charge in [0.15, 0.2) is 6.61 Å². The van der Waals surface area contributed by atoms with Crippen molar-refractivity contribution in [2.45, 2.75) is 13.1 Å². The second kappa shape index (κ2) is 6.87. The van der Waals surface area contributed by atoms with Gasteiger partial charge in [-0.05, 0) is 19.1 Å². The van der Waals surface area contributed by atoms with Crippen LogP contribution in [0.5, 0.6) is 0 Å². The first kappa shape index (κ1) is 17.4. The van der Waals surface area contributed by atoms with Crippen LogP contribution in [0.15, 0.2) is 18.2 Å². The molecule has 1 aromatic carbocycles. The summed E-state index contributed by atoms with van der Waals surface area (Å²) >= 11 is 0. The Balaban J connectivity index is 2.57. The normalized spacial score (nSPS) is 10.9. The van der Waals surface area contributed by atoms with Crippen LogP contribution in [0.3, 0.4) is 0 Å². The SMILES string of the molecule is Cc1cc(C(=O)OCC(=O)NCC(F)(F)F)ccc1[N+](=O)[O-]. The summed E-state index contributed by atoms with van der Waals surface area (Å²) in [4.78, 5) is 32.6. The Labute approximate surface area is 122 Å². The van der Waals surface area contributed by atoms with Gasteiger partial charge in [0.05, 0.1) is 10.5 Å². The molecule has 0 atom stereocenters. The van der Waals surface area contributed by atoms with Crippen molar-refractivity contribution in [1.29, 1.82) is 0 Å². The van der Waals surface area contributed by atoms with Crippen molar-refractivity contribution in [3.8, 4) is 0 Å². The molecule has 0 heterocycles. The first-order chi connectivity index (χ1) is 10.1. The molecule has 0 bridgehead atoms. The van der Waals surface area contributed by atoms with Gasteiger partial charge in [0, 0.05) is 11.6 Å². The minimum atomic E-state index is -4.56. The van der Waals surface area contributed by atoms with Crippen molar-refractivity contribution in [3.63, 3.8) is 0 Å². The van der Waals surface area contributed by atoms with Gasteiger partial charge in [-0.3, -0.25) is 14.9 Å². The molecular weight excluding hydrogens is 309 g/mol. The quantitative estimate of drug-likeness (QED) is 0.506. The third-order valence-electron chi connectivity index (χ3n) is 2.45. The molecule has 0 saturated carbocycles. The van der Waals surface area contributed by atoms with Crippen LogP contribution < -0.4 is 5.32 Å². The van der Waals surface area contributed by atoms with E-state index in [9.17, 15) is 32.9 Å². The highest BCUT2D eigenvalue weighted by Gasteiger charge is 2.27. The average molecular weight is 320 g/mol. The molecule has 1 N–H and O–H groups in total. The van der Waals surface area contributed by atoms with Gasteiger partial charge in [0.25, 0.3) is 11.6 Å². The van der Waals surface area contributed by atoms with E-state index in [2.05, 4.69) is 4.74 Å². The third-order valence-corrected chi connectivity index (χ3v) is 2.45. The Kier molecular flexibility index (Phi) is 5.44. The number of amides is 1. The Morgan fingerprint density at radius 3 is 2.50 bits per heavy atom. The molecule has 22 heavy (non-hydrogen) atoms. The molecule has 0 unspecified atom stereocenters. The van der Waals surface area contributed by atoms with Crippen molar-refractivity contribution in [2.75, 3.05) is 13.2 Å². The molecule has 7 nitrogen and oxygen atoms in total. The summed E-state index contributed by atoms with van der Waals surface area (Å²) in [5.74, 6) is -2.08. The van der Waals surface area contributed by atoms with Crippen molar-refractivity contribution >= 4 is 17.6 Å². The number of nitrogens with one attached hydrogen (secondary N) is 1. The molecule has 0 aliphatic heterocycles. The van der Waals surface area contributed by atoms with Crippen LogP contribution in [0.2, 0.25) is 0 Å². The highest BCUT2D eigenvalue weighted by atomic mass is 19.4. The monoisotopic (exact) mass is 320 g/mol. The molecule has 0 fully saturated rings. The molecule has 0 spiro atoms. The second-order valence-corrected chi connectivity index (χ2v) is 4.23. The maximum Gasteiger partial charge on any atom is 0.405 e. The van der Waals surface area contributed by atoms with E-state index in [1.54, 1.807) is 0 Å². The first-order valence-electron chi connectivity index (χ1n) is 5.86. The summed E-state index contributed by atoms with van der Waals surface area (Å²) in [5.41, 5.74) is -0.0350. The van der Waals surface area contributed by atoms with Crippen molar-refractivity contribution in [3.05, 3.63) is 39.4 Å². The zero-order valence-electron chi connectivity index (χ0n) is 11.3. The Morgan fingerprint density at radius 1 is 1.36 bits per heavy atom. The summed E-state index contributed by atoms with van der Waals surface area (Å²) in [5, 5.41) is 12.1. The number of ether oxygens (including phenoxy) is 1. The number of nitro benzene ring substituents is 1. The van der Waals surface area contributed by atoms with Gasteiger partial charge in [-0.2, -0.15) is 13.2 Å². The molecule has 1 amide bonds. The lowest BCUT2D eigenvalue weighted by Crippen LogP contribution is -2.36. The Bertz CT molecular complexity index is 601. The largest absolute Gasteiger partial charge is 0.452 e. The van der Waals surface area contributed by atoms with Gasteiger partial charge in [-0.25, -0.2) is 4.79 Å². The Hall–Kier alpha value is -2.65. The molecule has 0 aliphatic rings. The van der Waals surface area contributed by atoms with E-state index in [4.69, 9.17) is 0 Å². The maximum absolute atomic E-state index is 11.8. The summed E-state index contributed by atoms with van der Waals surface area (Å²) in [6.45, 7) is -1.00. The van der Waals surface area contributed by atoms with Crippen LogP contribution in [0.1, 0.15) is 15.9 Å². The predicted molar refractivity (Wildman–Crippen MR) is 67.2 cm³/mol. The van der Waals surface area contributed by atoms with Crippen LogP contribution >= 0.6 is 0 Å². The number of rotatable bonds is 5. The summed E-state index contributed by atoms with van der Waals surface area (Å²) in [6, 6.07) is 3.41. The number of alkyl halides is 3. The Morgan fingerprint density at radius 2 is 2.00 bits per heavy atom. The standard InChI is InChI=1S/C12H11F3N2O5/c1-7-4-8(2-3-9(7)17(20)21)11(19)22-5-10(18)16-6-12(13,14)15/h2-4H,5-6H2,1H3,(H,16,18). The van der Waals surface area contributed by atoms with E-state index in [0.29, 0.717) is 0 Å². The molecular formula is C12H11F3N2O5. The minimum Gasteiger partial charge on any atom is -0.452 e. The van der Waals surface area contributed by atoms with Gasteiger partial charge >= 0.3 is 12.1 Å². The minimum absolute atomic E-state index is 0.0493. The van der Waals surface area contributed by atoms with Gasteiger partial charge in [0.1, 0.15) is 6.54 Å². The lowest BCUT2D eigenvalue weighted by atomic mass is 10.1. The number of hydrogen-bond acceptors (Lipinski definition) is 5. The van der Waals surface area contributed by atoms with E-state index >= 15 is 0 Å². The highest BCUT2D eigenvalue weighted by Crippen LogP contribution is 2.19. The summed E-state index contributed by atoms with van der Waals surface area (Å²) in [7, 11) is 0. The summed E-state index contributed by atoms with van der Waals surface area (Å²) < 4.78 is 40.1. The number of nitro groups is 1. The van der Waals surface area contributed by atoms with Crippen molar-refractivity contribution in [1.82, 2.24) is 5.32 Å². The fourth-order valence-electron chi connectivity index (χ4n) is 1.45. The number of carbonyl (C=O) groups is 2. The van der Waals surface area contributed by atoms with E-state index in [1.165, 1.54) is 18.3 Å². The lowest BCUT2D eigenvalue weighted by Gasteiger charge is -2.09. The van der Waals surface area contributed by atoms with E-state index in [1.807, 2.05) is 0 Å². The number of aryl methyl sites for hydroxylation is 1. The number of carbonyl (C=O) groups excluding carboxylic acids is 2. The van der Waals surface area contributed by atoms with Gasteiger partial charge < -0.3 is 10.1 Å². The molecule has 0 aliphatic carbocycles. The number of hydrogen-bond donors (Lipinski definition) is 1. The fourth-order valence-corrected chi connectivity index (χ4v) is 1.45. The smallest absolute Gasteiger partial charge is 0.405 e. The predicted octanol–water partition coefficient (Wildman–Crippen LogP) is 1.74. The molecule has 0 aromatic heterocycles. The molecule has 0 saturated heterocycles. The zero-order valence-corrected chi connectivity index (χ0v) is 11.3. The lowest BCUT2D eigenvalue weighted by molar-refractivity contribution is -0.385. The molecule has 120 valence electrons. The van der Waals surface area contributed by atoms with Crippen LogP contribution in [0, 0.1) is 17.0 Å². The average Bonchev–Trinajstić information content (AvgIpc) is 2.41. The highest BCUT2D eigenvalue weighted by molar-refractivity contribution is 5.91. The number of nitrogens with zero attached hydrogens (tertiary/aromatic N) is 1. The fraction of sp³-hybridized carbons (Fsp3) is 0.333. The number of benzene rings is 1. The van der Waals surface area contributed by atoms with E-state index in [-0.39, 0.29) is 16.8 Å². The van der Waals surface area contributed by atoms with Gasteiger partial charge in [-0.1, -0.05) is 0 Å². The maximum atomic E-state index is 11.8. The van der Waals surface area contributed by atoms with Crippen molar-refractivity contribution in [2.24, 2.45) is 0 Å². The first-order valence-corrected chi connectivity index (χ1v) is 5.86. The van der Waals surface area contributed by atoms with Crippen LogP contribution in [-0.2, 0) is 9.53 Å². The number of esters is 1. The van der Waals surface area contributed by atoms with Crippen molar-refractivity contribution < 1.29 is 32.4 Å². The van der Waals surface area contributed by atoms with E-state index in [0.717, 1.165) is 12.1 Å². The van der Waals surface area contributed by atoms with E-state index < -0.39 is 36.1 Å². The second-order valence-electron chi connectivity index (χ2n) is 4.23. The molecule has 1 rings (SSSR count). The number of halogens is 3. The topological polar surface area (TPSA) is 98.5 Å². The molecule has 0 radical (unpaired) electrons. The molecule has 10 heteroatoms. The van der Waals surface area contributed by atoms with Crippen LogP contribution in [0.25, 0.3) is 0 Å². The third kappa shape index (κ3) is 5.38. The van der Waals surface area contributed by atoms with Crippen LogP contribution in [0.4, 0.5) is 18.9 Å². The summed E-state index contributed by atoms with van der Waals surface area (Å²) in [6.07, 6.45) is -4.56.